The highest BCUT2D eigenvalue weighted by molar-refractivity contribution is 7.07. The summed E-state index contributed by atoms with van der Waals surface area (Å²) >= 11 is 1.40. The van der Waals surface area contributed by atoms with Crippen LogP contribution in [0.25, 0.3) is 17.8 Å². The van der Waals surface area contributed by atoms with E-state index in [1.165, 1.54) is 29.0 Å². The number of halogens is 1. The first-order valence-corrected chi connectivity index (χ1v) is 12.1. The summed E-state index contributed by atoms with van der Waals surface area (Å²) in [6.07, 6.45) is 7.46. The van der Waals surface area contributed by atoms with Crippen molar-refractivity contribution in [2.45, 2.75) is 18.9 Å². The topological polar surface area (TPSA) is 34.4 Å². The standard InChI is InChI=1S/C29H21FN2OS/c30-22-16-13-21(14-17-22)27-24-18-15-20-10-4-5-11-23(20)26(24)31-29-32(27)28(33)25(34-29)12-6-9-19-7-2-1-3-8-19/h1-14,16-17,27H,15,18H2/b9-6+,25-12-/t27-/m0/s1. The smallest absolute Gasteiger partial charge is 0.271 e. The van der Waals surface area contributed by atoms with Gasteiger partial charge in [0.1, 0.15) is 5.82 Å². The molecule has 0 saturated heterocycles. The van der Waals surface area contributed by atoms with Gasteiger partial charge in [0.2, 0.25) is 0 Å². The number of benzene rings is 3. The van der Waals surface area contributed by atoms with Crippen LogP contribution in [0.2, 0.25) is 0 Å². The van der Waals surface area contributed by atoms with Crippen molar-refractivity contribution in [2.75, 3.05) is 0 Å². The highest BCUT2D eigenvalue weighted by Gasteiger charge is 2.32. The maximum absolute atomic E-state index is 13.7. The predicted molar refractivity (Wildman–Crippen MR) is 136 cm³/mol. The van der Waals surface area contributed by atoms with Gasteiger partial charge in [-0.05, 0) is 53.3 Å². The number of nitrogens with zero attached hydrogens (tertiary/aromatic N) is 2. The summed E-state index contributed by atoms with van der Waals surface area (Å²) in [7, 11) is 0. The Morgan fingerprint density at radius 3 is 2.53 bits per heavy atom. The molecule has 34 heavy (non-hydrogen) atoms. The van der Waals surface area contributed by atoms with Crippen molar-refractivity contribution in [2.24, 2.45) is 4.99 Å². The molecule has 0 amide bonds. The third kappa shape index (κ3) is 3.58. The fraction of sp³-hybridized carbons (Fsp3) is 0.103. The number of fused-ring (bicyclic) bond motifs is 3. The second kappa shape index (κ2) is 8.50. The predicted octanol–water partition coefficient (Wildman–Crippen LogP) is 5.12. The van der Waals surface area contributed by atoms with E-state index in [0.717, 1.165) is 40.8 Å². The van der Waals surface area contributed by atoms with Gasteiger partial charge < -0.3 is 0 Å². The molecule has 1 aliphatic carbocycles. The Morgan fingerprint density at radius 1 is 0.941 bits per heavy atom. The van der Waals surface area contributed by atoms with Crippen LogP contribution in [0.15, 0.2) is 100 Å². The molecule has 0 spiro atoms. The van der Waals surface area contributed by atoms with Crippen molar-refractivity contribution < 1.29 is 4.39 Å². The van der Waals surface area contributed by atoms with Crippen molar-refractivity contribution in [3.05, 3.63) is 138 Å². The van der Waals surface area contributed by atoms with Gasteiger partial charge in [0.25, 0.3) is 5.56 Å². The van der Waals surface area contributed by atoms with Crippen LogP contribution in [-0.4, -0.2) is 4.57 Å². The molecule has 1 atom stereocenters. The second-order valence-corrected chi connectivity index (χ2v) is 9.47. The maximum atomic E-state index is 13.7. The summed E-state index contributed by atoms with van der Waals surface area (Å²) in [5.41, 5.74) is 6.36. The largest absolute Gasteiger partial charge is 0.272 e. The van der Waals surface area contributed by atoms with Crippen molar-refractivity contribution in [1.29, 1.82) is 0 Å². The van der Waals surface area contributed by atoms with Gasteiger partial charge in [-0.1, -0.05) is 90.2 Å². The molecule has 6 rings (SSSR count). The van der Waals surface area contributed by atoms with Crippen LogP contribution >= 0.6 is 11.3 Å². The molecule has 0 bridgehead atoms. The number of thiazole rings is 1. The molecule has 2 aliphatic rings. The van der Waals surface area contributed by atoms with Crippen LogP contribution in [0, 0.1) is 5.82 Å². The SMILES string of the molecule is O=c1/c(=C/C=C/c2ccccc2)sc2n1[C@@H](c1ccc(F)cc1)C1=C(N=2)c2ccccc2CC1. The molecule has 0 N–H and O–H groups in total. The average molecular weight is 465 g/mol. The third-order valence-corrected chi connectivity index (χ3v) is 7.40. The van der Waals surface area contributed by atoms with Crippen LogP contribution < -0.4 is 14.9 Å². The zero-order chi connectivity index (χ0) is 23.1. The molecule has 0 unspecified atom stereocenters. The number of aryl methyl sites for hydroxylation is 1. The Morgan fingerprint density at radius 2 is 1.71 bits per heavy atom. The first-order chi connectivity index (χ1) is 16.7. The third-order valence-electron chi connectivity index (χ3n) is 6.39. The fourth-order valence-corrected chi connectivity index (χ4v) is 5.74. The summed E-state index contributed by atoms with van der Waals surface area (Å²) in [5.74, 6) is -0.287. The second-order valence-electron chi connectivity index (χ2n) is 8.46. The lowest BCUT2D eigenvalue weighted by molar-refractivity contribution is 0.581. The van der Waals surface area contributed by atoms with E-state index in [9.17, 15) is 9.18 Å². The molecular weight excluding hydrogens is 443 g/mol. The summed E-state index contributed by atoms with van der Waals surface area (Å²) in [5, 5.41) is 0. The molecule has 3 nitrogen and oxygen atoms in total. The maximum Gasteiger partial charge on any atom is 0.271 e. The zero-order valence-corrected chi connectivity index (χ0v) is 19.1. The van der Waals surface area contributed by atoms with Crippen LogP contribution in [0.5, 0.6) is 0 Å². The first-order valence-electron chi connectivity index (χ1n) is 11.3. The van der Waals surface area contributed by atoms with Crippen molar-refractivity contribution in [3.63, 3.8) is 0 Å². The molecular formula is C29H21FN2OS. The van der Waals surface area contributed by atoms with Gasteiger partial charge in [0.05, 0.1) is 16.3 Å². The molecule has 3 aromatic carbocycles. The fourth-order valence-electron chi connectivity index (χ4n) is 4.79. The molecule has 5 heteroatoms. The lowest BCUT2D eigenvalue weighted by atomic mass is 9.83. The van der Waals surface area contributed by atoms with Gasteiger partial charge in [-0.2, -0.15) is 0 Å². The zero-order valence-electron chi connectivity index (χ0n) is 18.3. The summed E-state index contributed by atoms with van der Waals surface area (Å²) < 4.78 is 16.1. The number of rotatable bonds is 3. The minimum absolute atomic E-state index is 0.0683. The Hall–Kier alpha value is -3.83. The van der Waals surface area contributed by atoms with Crippen LogP contribution in [0.3, 0.4) is 0 Å². The molecule has 1 aliphatic heterocycles. The van der Waals surface area contributed by atoms with E-state index in [2.05, 4.69) is 18.2 Å². The normalized spacial score (nSPS) is 17.3. The van der Waals surface area contributed by atoms with E-state index in [1.54, 1.807) is 16.7 Å². The van der Waals surface area contributed by atoms with E-state index >= 15 is 0 Å². The number of hydrogen-bond acceptors (Lipinski definition) is 3. The number of allylic oxidation sites excluding steroid dienone is 2. The molecule has 0 fully saturated rings. The molecule has 4 aromatic rings. The van der Waals surface area contributed by atoms with E-state index in [-0.39, 0.29) is 17.4 Å². The van der Waals surface area contributed by atoms with Gasteiger partial charge in [0, 0.05) is 5.56 Å². The highest BCUT2D eigenvalue weighted by Crippen LogP contribution is 2.41. The Balaban J connectivity index is 1.54. The molecule has 0 saturated carbocycles. The van der Waals surface area contributed by atoms with Crippen LogP contribution in [-0.2, 0) is 6.42 Å². The summed E-state index contributed by atoms with van der Waals surface area (Å²) in [4.78, 5) is 19.2. The minimum Gasteiger partial charge on any atom is -0.272 e. The minimum atomic E-state index is -0.291. The quantitative estimate of drug-likeness (QED) is 0.414. The van der Waals surface area contributed by atoms with E-state index < -0.39 is 0 Å². The summed E-state index contributed by atoms with van der Waals surface area (Å²) in [6, 6.07) is 24.5. The van der Waals surface area contributed by atoms with E-state index in [1.807, 2.05) is 54.6 Å². The van der Waals surface area contributed by atoms with Gasteiger partial charge in [0.15, 0.2) is 4.80 Å². The molecule has 1 aromatic heterocycles. The molecule has 166 valence electrons. The first kappa shape index (κ1) is 20.8. The van der Waals surface area contributed by atoms with Crippen LogP contribution in [0.1, 0.15) is 34.7 Å². The van der Waals surface area contributed by atoms with Gasteiger partial charge in [-0.3, -0.25) is 9.36 Å². The number of hydrogen-bond donors (Lipinski definition) is 0. The van der Waals surface area contributed by atoms with Crippen LogP contribution in [0.4, 0.5) is 4.39 Å². The Kier molecular flexibility index (Phi) is 5.19. The Labute approximate surface area is 200 Å². The number of aromatic nitrogens is 1. The highest BCUT2D eigenvalue weighted by atomic mass is 32.1. The van der Waals surface area contributed by atoms with Crippen molar-refractivity contribution in [1.82, 2.24) is 4.57 Å². The molecule has 2 heterocycles. The monoisotopic (exact) mass is 464 g/mol. The lowest BCUT2D eigenvalue weighted by Gasteiger charge is -2.30. The van der Waals surface area contributed by atoms with Gasteiger partial charge >= 0.3 is 0 Å². The average Bonchev–Trinajstić information content (AvgIpc) is 3.19. The van der Waals surface area contributed by atoms with Crippen molar-refractivity contribution in [3.8, 4) is 0 Å². The van der Waals surface area contributed by atoms with E-state index in [4.69, 9.17) is 4.99 Å². The van der Waals surface area contributed by atoms with E-state index in [0.29, 0.717) is 9.33 Å². The molecule has 0 radical (unpaired) electrons. The van der Waals surface area contributed by atoms with Crippen molar-refractivity contribution >= 4 is 29.2 Å². The Bertz CT molecular complexity index is 1630. The van der Waals surface area contributed by atoms with Gasteiger partial charge in [-0.25, -0.2) is 9.38 Å². The van der Waals surface area contributed by atoms with Gasteiger partial charge in [-0.15, -0.1) is 0 Å². The summed E-state index contributed by atoms with van der Waals surface area (Å²) in [6.45, 7) is 0. The lowest BCUT2D eigenvalue weighted by Crippen LogP contribution is -2.38.